The Morgan fingerprint density at radius 2 is 2.36 bits per heavy atom. The Balaban J connectivity index is 1.89. The highest BCUT2D eigenvalue weighted by Crippen LogP contribution is 2.13. The van der Waals surface area contributed by atoms with Gasteiger partial charge in [0.15, 0.2) is 0 Å². The zero-order valence-corrected chi connectivity index (χ0v) is 13.2. The van der Waals surface area contributed by atoms with Crippen LogP contribution < -0.4 is 10.6 Å². The molecule has 7 nitrogen and oxygen atoms in total. The Bertz CT molecular complexity index is 490. The molecule has 0 aliphatic carbocycles. The van der Waals surface area contributed by atoms with Gasteiger partial charge < -0.3 is 20.1 Å². The second-order valence-corrected chi connectivity index (χ2v) is 5.30. The summed E-state index contributed by atoms with van der Waals surface area (Å²) in [5.41, 5.74) is 0.375. The van der Waals surface area contributed by atoms with Crippen molar-refractivity contribution in [2.24, 2.45) is 0 Å². The normalized spacial score (nSPS) is 17.5. The number of amides is 1. The molecular formula is C15H24N4O3. The first kappa shape index (κ1) is 16.6. The van der Waals surface area contributed by atoms with Crippen molar-refractivity contribution in [2.75, 3.05) is 38.7 Å². The molecule has 0 radical (unpaired) electrons. The van der Waals surface area contributed by atoms with Crippen LogP contribution in [0.5, 0.6) is 0 Å². The molecule has 7 heteroatoms. The number of nitrogens with zero attached hydrogens (tertiary/aromatic N) is 2. The minimum atomic E-state index is -0.193. The highest BCUT2D eigenvalue weighted by atomic mass is 16.5. The average Bonchev–Trinajstić information content (AvgIpc) is 3.02. The smallest absolute Gasteiger partial charge is 0.270 e. The van der Waals surface area contributed by atoms with Crippen LogP contribution in [0.25, 0.3) is 0 Å². The van der Waals surface area contributed by atoms with Gasteiger partial charge in [0.1, 0.15) is 17.3 Å². The number of carbonyl (C=O) groups excluding carboxylic acids is 1. The molecule has 0 aromatic carbocycles. The first-order valence-electron chi connectivity index (χ1n) is 7.67. The number of aromatic nitrogens is 2. The summed E-state index contributed by atoms with van der Waals surface area (Å²) in [6.45, 7) is 4.49. The van der Waals surface area contributed by atoms with Gasteiger partial charge >= 0.3 is 0 Å². The third-order valence-corrected chi connectivity index (χ3v) is 3.42. The van der Waals surface area contributed by atoms with Crippen LogP contribution in [0, 0.1) is 6.92 Å². The third kappa shape index (κ3) is 5.23. The number of hydrogen-bond acceptors (Lipinski definition) is 6. The highest BCUT2D eigenvalue weighted by molar-refractivity contribution is 5.92. The molecule has 2 N–H and O–H groups in total. The molecule has 1 aromatic rings. The molecule has 1 saturated heterocycles. The summed E-state index contributed by atoms with van der Waals surface area (Å²) in [4.78, 5) is 20.6. The fourth-order valence-corrected chi connectivity index (χ4v) is 2.31. The van der Waals surface area contributed by atoms with Crippen molar-refractivity contribution >= 4 is 11.7 Å². The second-order valence-electron chi connectivity index (χ2n) is 5.30. The van der Waals surface area contributed by atoms with E-state index < -0.39 is 0 Å². The first-order valence-corrected chi connectivity index (χ1v) is 7.67. The maximum Gasteiger partial charge on any atom is 0.270 e. The number of anilines is 1. The van der Waals surface area contributed by atoms with Crippen LogP contribution in [0.4, 0.5) is 5.82 Å². The number of hydrogen-bond donors (Lipinski definition) is 2. The Hall–Kier alpha value is -1.73. The maximum absolute atomic E-state index is 12.1. The van der Waals surface area contributed by atoms with E-state index in [9.17, 15) is 4.79 Å². The third-order valence-electron chi connectivity index (χ3n) is 3.42. The predicted octanol–water partition coefficient (Wildman–Crippen LogP) is 1.14. The first-order chi connectivity index (χ1) is 10.7. The number of carbonyl (C=O) groups is 1. The molecular weight excluding hydrogens is 284 g/mol. The molecule has 122 valence electrons. The second kappa shape index (κ2) is 8.65. The summed E-state index contributed by atoms with van der Waals surface area (Å²) in [5, 5.41) is 6.05. The van der Waals surface area contributed by atoms with E-state index in [4.69, 9.17) is 9.47 Å². The topological polar surface area (TPSA) is 85.4 Å². The van der Waals surface area contributed by atoms with E-state index in [1.807, 2.05) is 0 Å². The van der Waals surface area contributed by atoms with Crippen LogP contribution in [-0.4, -0.2) is 55.4 Å². The monoisotopic (exact) mass is 308 g/mol. The number of nitrogens with one attached hydrogen (secondary N) is 2. The maximum atomic E-state index is 12.1. The van der Waals surface area contributed by atoms with Gasteiger partial charge in [-0.05, 0) is 26.2 Å². The largest absolute Gasteiger partial charge is 0.385 e. The van der Waals surface area contributed by atoms with Gasteiger partial charge in [-0.1, -0.05) is 0 Å². The lowest BCUT2D eigenvalue weighted by molar-refractivity contribution is 0.0943. The molecule has 0 spiro atoms. The molecule has 2 rings (SSSR count). The Labute approximate surface area is 130 Å². The summed E-state index contributed by atoms with van der Waals surface area (Å²) >= 11 is 0. The molecule has 0 bridgehead atoms. The minimum Gasteiger partial charge on any atom is -0.385 e. The fourth-order valence-electron chi connectivity index (χ4n) is 2.31. The Morgan fingerprint density at radius 1 is 1.50 bits per heavy atom. The number of ether oxygens (including phenoxy) is 2. The van der Waals surface area contributed by atoms with Gasteiger partial charge in [0, 0.05) is 39.5 Å². The van der Waals surface area contributed by atoms with E-state index in [0.717, 1.165) is 25.9 Å². The lowest BCUT2D eigenvalue weighted by Crippen LogP contribution is -2.27. The van der Waals surface area contributed by atoms with Gasteiger partial charge in [0.25, 0.3) is 5.91 Å². The van der Waals surface area contributed by atoms with Gasteiger partial charge in [-0.15, -0.1) is 0 Å². The molecule has 1 aliphatic heterocycles. The van der Waals surface area contributed by atoms with Crippen LogP contribution in [0.15, 0.2) is 6.07 Å². The van der Waals surface area contributed by atoms with Crippen LogP contribution >= 0.6 is 0 Å². The van der Waals surface area contributed by atoms with Gasteiger partial charge in [-0.2, -0.15) is 0 Å². The molecule has 1 amide bonds. The zero-order valence-electron chi connectivity index (χ0n) is 13.2. The number of rotatable bonds is 8. The van der Waals surface area contributed by atoms with Crippen LogP contribution in [0.2, 0.25) is 0 Å². The van der Waals surface area contributed by atoms with Gasteiger partial charge in [-0.3, -0.25) is 4.79 Å². The Morgan fingerprint density at radius 3 is 3.09 bits per heavy atom. The van der Waals surface area contributed by atoms with Crippen LogP contribution in [-0.2, 0) is 9.47 Å². The quantitative estimate of drug-likeness (QED) is 0.701. The van der Waals surface area contributed by atoms with E-state index in [1.165, 1.54) is 0 Å². The molecule has 2 heterocycles. The predicted molar refractivity (Wildman–Crippen MR) is 83.1 cm³/mol. The molecule has 1 aliphatic rings. The number of aryl methyl sites for hydroxylation is 1. The molecule has 0 saturated carbocycles. The van der Waals surface area contributed by atoms with Gasteiger partial charge in [0.2, 0.25) is 0 Å². The van der Waals surface area contributed by atoms with Crippen molar-refractivity contribution in [3.05, 3.63) is 17.6 Å². The summed E-state index contributed by atoms with van der Waals surface area (Å²) in [5.74, 6) is 1.03. The minimum absolute atomic E-state index is 0.193. The van der Waals surface area contributed by atoms with E-state index in [0.29, 0.717) is 37.0 Å². The van der Waals surface area contributed by atoms with Crippen LogP contribution in [0.3, 0.4) is 0 Å². The van der Waals surface area contributed by atoms with Crippen molar-refractivity contribution in [2.45, 2.75) is 32.3 Å². The van der Waals surface area contributed by atoms with E-state index in [2.05, 4.69) is 20.6 Å². The van der Waals surface area contributed by atoms with Crippen molar-refractivity contribution in [3.8, 4) is 0 Å². The molecule has 1 unspecified atom stereocenters. The highest BCUT2D eigenvalue weighted by Gasteiger charge is 2.16. The molecule has 1 atom stereocenters. The van der Waals surface area contributed by atoms with Crippen molar-refractivity contribution in [1.29, 1.82) is 0 Å². The zero-order chi connectivity index (χ0) is 15.8. The van der Waals surface area contributed by atoms with Crippen molar-refractivity contribution in [1.82, 2.24) is 15.3 Å². The summed E-state index contributed by atoms with van der Waals surface area (Å²) in [6, 6.07) is 1.67. The van der Waals surface area contributed by atoms with E-state index in [-0.39, 0.29) is 12.0 Å². The summed E-state index contributed by atoms with van der Waals surface area (Å²) in [7, 11) is 1.64. The fraction of sp³-hybridized carbons (Fsp3) is 0.667. The van der Waals surface area contributed by atoms with Crippen molar-refractivity contribution in [3.63, 3.8) is 0 Å². The molecule has 1 aromatic heterocycles. The van der Waals surface area contributed by atoms with E-state index >= 15 is 0 Å². The standard InChI is InChI=1S/C15H24N4O3/c1-11-18-13(15(20)16-6-4-7-21-2)9-14(19-11)17-10-12-5-3-8-22-12/h9,12H,3-8,10H2,1-2H3,(H,16,20)(H,17,18,19). The lowest BCUT2D eigenvalue weighted by Gasteiger charge is -2.12. The Kier molecular flexibility index (Phi) is 6.54. The summed E-state index contributed by atoms with van der Waals surface area (Å²) in [6.07, 6.45) is 3.16. The van der Waals surface area contributed by atoms with Crippen LogP contribution in [0.1, 0.15) is 35.6 Å². The van der Waals surface area contributed by atoms with Gasteiger partial charge in [-0.25, -0.2) is 9.97 Å². The SMILES string of the molecule is COCCCNC(=O)c1cc(NCC2CCCO2)nc(C)n1. The van der Waals surface area contributed by atoms with E-state index in [1.54, 1.807) is 20.1 Å². The number of methoxy groups -OCH3 is 1. The lowest BCUT2D eigenvalue weighted by atomic mass is 10.2. The molecule has 22 heavy (non-hydrogen) atoms. The van der Waals surface area contributed by atoms with Gasteiger partial charge in [0.05, 0.1) is 6.10 Å². The summed E-state index contributed by atoms with van der Waals surface area (Å²) < 4.78 is 10.5. The van der Waals surface area contributed by atoms with Crippen molar-refractivity contribution < 1.29 is 14.3 Å². The average molecular weight is 308 g/mol. The molecule has 1 fully saturated rings.